The molecule has 0 radical (unpaired) electrons. The molecule has 1 heterocycles. The minimum atomic E-state index is -1.92. The number of unbranched alkanes of at least 4 members (excludes halogenated alkanes) is 19. The van der Waals surface area contributed by atoms with Crippen molar-refractivity contribution in [2.75, 3.05) is 13.2 Å². The Kier molecular flexibility index (Phi) is 49.5. The summed E-state index contributed by atoms with van der Waals surface area (Å²) >= 11 is 0. The standard InChI is InChI=1S/C67H108O12/c1-4-7-10-13-16-19-22-25-28-29-30-31-34-35-38-41-44-47-50-53-59(68)75-56-58(77-60(69)54-51-48-45-42-39-36-32-26-23-20-17-14-11-8-5-2)57-76-67-65(63(72)62(71)64(79-67)66(73)74)78-61(70)55-52-49-46-43-40-37-33-27-24-21-18-15-12-9-6-3/h8-9,11-12,16-21,25-28,30-33,58,62-65,67,71-72H,4-7,10,13-15,22-24,29,34-57H2,1-3H3,(H,73,74)/b11-8-,12-9-,19-16-,20-17-,21-18-,28-25-,31-30-,32-26-,33-27-. The van der Waals surface area contributed by atoms with E-state index in [2.05, 4.69) is 130 Å². The molecule has 0 aromatic rings. The molecule has 6 unspecified atom stereocenters. The first-order valence-electron chi connectivity index (χ1n) is 30.9. The normalized spacial score (nSPS) is 18.6. The fraction of sp³-hybridized carbons (Fsp3) is 0.672. The second kappa shape index (κ2) is 54.0. The number of ether oxygens (including phenoxy) is 5. The van der Waals surface area contributed by atoms with Gasteiger partial charge < -0.3 is 39.0 Å². The van der Waals surface area contributed by atoms with Crippen molar-refractivity contribution < 1.29 is 58.2 Å². The lowest BCUT2D eigenvalue weighted by atomic mass is 9.98. The molecule has 0 aromatic carbocycles. The lowest BCUT2D eigenvalue weighted by molar-refractivity contribution is -0.301. The van der Waals surface area contributed by atoms with Crippen molar-refractivity contribution in [1.29, 1.82) is 0 Å². The molecule has 1 aliphatic rings. The molecule has 1 saturated heterocycles. The number of carboxylic acid groups (broad SMARTS) is 1. The second-order valence-corrected chi connectivity index (χ2v) is 20.6. The van der Waals surface area contributed by atoms with Gasteiger partial charge in [-0.15, -0.1) is 0 Å². The van der Waals surface area contributed by atoms with Crippen LogP contribution in [0.25, 0.3) is 0 Å². The third-order valence-corrected chi connectivity index (χ3v) is 13.3. The summed E-state index contributed by atoms with van der Waals surface area (Å²) in [6.45, 7) is 5.71. The fourth-order valence-corrected chi connectivity index (χ4v) is 8.64. The van der Waals surface area contributed by atoms with Gasteiger partial charge >= 0.3 is 23.9 Å². The predicted molar refractivity (Wildman–Crippen MR) is 321 cm³/mol. The van der Waals surface area contributed by atoms with Gasteiger partial charge in [0.1, 0.15) is 18.8 Å². The Labute approximate surface area is 478 Å². The molecule has 0 spiro atoms. The SMILES string of the molecule is CC/C=C\C/C=C\C/C=C\CCCCCCCC(=O)OC(COC(=O)CCCCCCCC/C=C\C/C=C\C/C=C\CCCCC)COC1OC(C(=O)O)C(O)C(O)C1OC(=O)CCCCCCC/C=C\C/C=C\C/C=C\CC. The molecule has 0 amide bonds. The maximum Gasteiger partial charge on any atom is 0.335 e. The van der Waals surface area contributed by atoms with Crippen molar-refractivity contribution in [3.8, 4) is 0 Å². The zero-order chi connectivity index (χ0) is 57.5. The van der Waals surface area contributed by atoms with Crippen LogP contribution in [0.1, 0.15) is 239 Å². The smallest absolute Gasteiger partial charge is 0.335 e. The average molecular weight is 1110 g/mol. The van der Waals surface area contributed by atoms with Gasteiger partial charge in [0.05, 0.1) is 6.61 Å². The number of aliphatic hydroxyl groups excluding tert-OH is 2. The molecule has 12 heteroatoms. The summed E-state index contributed by atoms with van der Waals surface area (Å²) < 4.78 is 28.4. The summed E-state index contributed by atoms with van der Waals surface area (Å²) in [6, 6.07) is 0. The molecular weight excluding hydrogens is 997 g/mol. The van der Waals surface area contributed by atoms with Gasteiger partial charge in [-0.2, -0.15) is 0 Å². The number of aliphatic carboxylic acids is 1. The number of allylic oxidation sites excluding steroid dienone is 18. The molecule has 1 aliphatic heterocycles. The predicted octanol–water partition coefficient (Wildman–Crippen LogP) is 16.2. The number of hydrogen-bond acceptors (Lipinski definition) is 11. The Balaban J connectivity index is 2.71. The van der Waals surface area contributed by atoms with Crippen molar-refractivity contribution >= 4 is 23.9 Å². The molecule has 0 bridgehead atoms. The van der Waals surface area contributed by atoms with Gasteiger partial charge in [-0.05, 0) is 122 Å². The minimum Gasteiger partial charge on any atom is -0.479 e. The maximum absolute atomic E-state index is 13.2. The first-order valence-corrected chi connectivity index (χ1v) is 30.9. The van der Waals surface area contributed by atoms with E-state index in [1.54, 1.807) is 0 Å². The van der Waals surface area contributed by atoms with Gasteiger partial charge in [0.15, 0.2) is 24.6 Å². The van der Waals surface area contributed by atoms with E-state index < -0.39 is 67.3 Å². The molecule has 448 valence electrons. The molecular formula is C67H108O12. The third-order valence-electron chi connectivity index (χ3n) is 13.3. The second-order valence-electron chi connectivity index (χ2n) is 20.6. The van der Waals surface area contributed by atoms with E-state index in [9.17, 15) is 34.5 Å². The van der Waals surface area contributed by atoms with E-state index >= 15 is 0 Å². The summed E-state index contributed by atoms with van der Waals surface area (Å²) in [5, 5.41) is 31.5. The molecule has 12 nitrogen and oxygen atoms in total. The van der Waals surface area contributed by atoms with Gasteiger partial charge in [-0.3, -0.25) is 14.4 Å². The lowest BCUT2D eigenvalue weighted by Crippen LogP contribution is -2.61. The van der Waals surface area contributed by atoms with Gasteiger partial charge in [0, 0.05) is 19.3 Å². The van der Waals surface area contributed by atoms with Crippen LogP contribution in [0.5, 0.6) is 0 Å². The molecule has 79 heavy (non-hydrogen) atoms. The number of hydrogen-bond donors (Lipinski definition) is 3. The Morgan fingerprint density at radius 1 is 0.430 bits per heavy atom. The summed E-state index contributed by atoms with van der Waals surface area (Å²) in [5.41, 5.74) is 0. The van der Waals surface area contributed by atoms with Crippen LogP contribution in [-0.4, -0.2) is 89.2 Å². The van der Waals surface area contributed by atoms with E-state index in [4.69, 9.17) is 23.7 Å². The fourth-order valence-electron chi connectivity index (χ4n) is 8.64. The van der Waals surface area contributed by atoms with E-state index in [1.807, 2.05) is 0 Å². The van der Waals surface area contributed by atoms with E-state index in [-0.39, 0.29) is 25.9 Å². The number of carbonyl (C=O) groups is 4. The third kappa shape index (κ3) is 43.8. The summed E-state index contributed by atoms with van der Waals surface area (Å²) in [6.07, 6.45) is 60.5. The Morgan fingerprint density at radius 2 is 0.797 bits per heavy atom. The largest absolute Gasteiger partial charge is 0.479 e. The Hall–Kier alpha value is -4.62. The summed E-state index contributed by atoms with van der Waals surface area (Å²) in [4.78, 5) is 51.2. The van der Waals surface area contributed by atoms with Gasteiger partial charge in [-0.25, -0.2) is 4.79 Å². The van der Waals surface area contributed by atoms with Crippen molar-refractivity contribution in [2.45, 2.75) is 276 Å². The summed E-state index contributed by atoms with van der Waals surface area (Å²) in [7, 11) is 0. The van der Waals surface area contributed by atoms with Crippen LogP contribution >= 0.6 is 0 Å². The topological polar surface area (TPSA) is 175 Å². The summed E-state index contributed by atoms with van der Waals surface area (Å²) in [5.74, 6) is -3.19. The molecule has 1 fully saturated rings. The van der Waals surface area contributed by atoms with Crippen LogP contribution in [-0.2, 0) is 42.9 Å². The average Bonchev–Trinajstić information content (AvgIpc) is 3.46. The van der Waals surface area contributed by atoms with Crippen LogP contribution in [0.4, 0.5) is 0 Å². The zero-order valence-corrected chi connectivity index (χ0v) is 49.3. The van der Waals surface area contributed by atoms with Crippen molar-refractivity contribution in [1.82, 2.24) is 0 Å². The van der Waals surface area contributed by atoms with Crippen LogP contribution in [0.15, 0.2) is 109 Å². The van der Waals surface area contributed by atoms with Crippen LogP contribution in [0.3, 0.4) is 0 Å². The monoisotopic (exact) mass is 1100 g/mol. The molecule has 1 rings (SSSR count). The number of aliphatic hydroxyl groups is 2. The number of rotatable bonds is 51. The first-order chi connectivity index (χ1) is 38.6. The van der Waals surface area contributed by atoms with Crippen molar-refractivity contribution in [2.24, 2.45) is 0 Å². The van der Waals surface area contributed by atoms with E-state index in [0.717, 1.165) is 154 Å². The molecule has 0 saturated carbocycles. The highest BCUT2D eigenvalue weighted by Gasteiger charge is 2.50. The Bertz CT molecular complexity index is 1790. The van der Waals surface area contributed by atoms with E-state index in [1.165, 1.54) is 25.7 Å². The number of esters is 3. The van der Waals surface area contributed by atoms with Gasteiger partial charge in [0.25, 0.3) is 0 Å². The van der Waals surface area contributed by atoms with Crippen LogP contribution < -0.4 is 0 Å². The highest BCUT2D eigenvalue weighted by atomic mass is 16.7. The number of carboxylic acids is 1. The van der Waals surface area contributed by atoms with Crippen molar-refractivity contribution in [3.63, 3.8) is 0 Å². The number of carbonyl (C=O) groups excluding carboxylic acids is 3. The quantitative estimate of drug-likeness (QED) is 0.0228. The molecule has 3 N–H and O–H groups in total. The minimum absolute atomic E-state index is 0.0323. The van der Waals surface area contributed by atoms with Gasteiger partial charge in [-0.1, -0.05) is 207 Å². The van der Waals surface area contributed by atoms with Crippen LogP contribution in [0, 0.1) is 0 Å². The highest BCUT2D eigenvalue weighted by Crippen LogP contribution is 2.26. The molecule has 6 atom stereocenters. The molecule has 0 aromatic heterocycles. The first kappa shape index (κ1) is 72.4. The van der Waals surface area contributed by atoms with Gasteiger partial charge in [0.2, 0.25) is 0 Å². The van der Waals surface area contributed by atoms with E-state index in [0.29, 0.717) is 19.3 Å². The molecule has 0 aliphatic carbocycles. The highest BCUT2D eigenvalue weighted by molar-refractivity contribution is 5.74. The lowest BCUT2D eigenvalue weighted by Gasteiger charge is -2.40. The zero-order valence-electron chi connectivity index (χ0n) is 49.3. The Morgan fingerprint density at radius 3 is 1.22 bits per heavy atom. The van der Waals surface area contributed by atoms with Crippen molar-refractivity contribution in [3.05, 3.63) is 109 Å². The van der Waals surface area contributed by atoms with Crippen LogP contribution in [0.2, 0.25) is 0 Å². The maximum atomic E-state index is 13.2.